The summed E-state index contributed by atoms with van der Waals surface area (Å²) in [6, 6.07) is 6.57. The first-order valence-electron chi connectivity index (χ1n) is 9.08. The van der Waals surface area contributed by atoms with Crippen LogP contribution in [-0.4, -0.2) is 38.2 Å². The van der Waals surface area contributed by atoms with Gasteiger partial charge in [0.05, 0.1) is 5.69 Å². The smallest absolute Gasteiger partial charge is 0.293 e. The number of benzene rings is 1. The van der Waals surface area contributed by atoms with Crippen LogP contribution in [0.1, 0.15) is 61.9 Å². The van der Waals surface area contributed by atoms with E-state index in [1.54, 1.807) is 16.8 Å². The van der Waals surface area contributed by atoms with Crippen LogP contribution < -0.4 is 0 Å². The highest BCUT2D eigenvalue weighted by atomic mass is 19.1. The van der Waals surface area contributed by atoms with E-state index in [1.807, 2.05) is 18.7 Å². The van der Waals surface area contributed by atoms with E-state index in [0.29, 0.717) is 23.5 Å². The molecule has 0 radical (unpaired) electrons. The number of fused-ring (bicyclic) bond motifs is 1. The van der Waals surface area contributed by atoms with Gasteiger partial charge in [0, 0.05) is 18.5 Å². The molecule has 2 fully saturated rings. The molecule has 1 saturated heterocycles. The van der Waals surface area contributed by atoms with E-state index in [-0.39, 0.29) is 23.5 Å². The molecule has 2 aliphatic rings. The van der Waals surface area contributed by atoms with Gasteiger partial charge in [0.2, 0.25) is 5.82 Å². The topological polar surface area (TPSA) is 51.0 Å². The Morgan fingerprint density at radius 2 is 2.12 bits per heavy atom. The number of hydrogen-bond donors (Lipinski definition) is 0. The molecule has 1 aliphatic heterocycles. The van der Waals surface area contributed by atoms with E-state index < -0.39 is 0 Å². The molecule has 1 aromatic heterocycles. The Kier molecular flexibility index (Phi) is 4.06. The molecule has 0 bridgehead atoms. The van der Waals surface area contributed by atoms with Crippen LogP contribution in [-0.2, 0) is 0 Å². The molecule has 2 aromatic rings. The van der Waals surface area contributed by atoms with Crippen molar-refractivity contribution in [3.63, 3.8) is 0 Å². The van der Waals surface area contributed by atoms with Gasteiger partial charge in [-0.2, -0.15) is 0 Å². The largest absolute Gasteiger partial charge is 0.333 e. The number of likely N-dealkylation sites (tertiary alicyclic amines) is 1. The molecule has 5 nitrogen and oxygen atoms in total. The number of carbonyl (C=O) groups excluding carboxylic acids is 1. The number of carbonyl (C=O) groups is 1. The van der Waals surface area contributed by atoms with Crippen molar-refractivity contribution in [2.24, 2.45) is 5.92 Å². The number of rotatable bonds is 3. The van der Waals surface area contributed by atoms with Gasteiger partial charge < -0.3 is 4.90 Å². The van der Waals surface area contributed by atoms with Gasteiger partial charge in [-0.15, -0.1) is 5.10 Å². The predicted molar refractivity (Wildman–Crippen MR) is 92.2 cm³/mol. The molecule has 25 heavy (non-hydrogen) atoms. The lowest BCUT2D eigenvalue weighted by Gasteiger charge is -2.22. The molecule has 1 amide bonds. The van der Waals surface area contributed by atoms with Gasteiger partial charge in [-0.1, -0.05) is 26.3 Å². The lowest BCUT2D eigenvalue weighted by atomic mass is 10.0. The summed E-state index contributed by atoms with van der Waals surface area (Å²) < 4.78 is 15.2. The molecule has 1 saturated carbocycles. The van der Waals surface area contributed by atoms with Gasteiger partial charge in [0.25, 0.3) is 5.91 Å². The predicted octanol–water partition coefficient (Wildman–Crippen LogP) is 3.54. The van der Waals surface area contributed by atoms with E-state index in [0.717, 1.165) is 19.4 Å². The second kappa shape index (κ2) is 6.24. The van der Waals surface area contributed by atoms with Gasteiger partial charge in [-0.3, -0.25) is 4.79 Å². The van der Waals surface area contributed by atoms with Crippen molar-refractivity contribution >= 4 is 5.91 Å². The number of amides is 1. The molecule has 6 heteroatoms. The molecule has 0 unspecified atom stereocenters. The second-order valence-electron chi connectivity index (χ2n) is 7.39. The standard InChI is InChI=1S/C19H23FN4O/c1-12(2)18-21-17(22-24(18)15-7-4-6-14(20)11-15)19(25)23-10-9-13-5-3-8-16(13)23/h4,6-7,11-13,16H,3,5,8-10H2,1-2H3/t13-,16-/m0/s1. The molecule has 0 spiro atoms. The van der Waals surface area contributed by atoms with Crippen LogP contribution >= 0.6 is 0 Å². The summed E-state index contributed by atoms with van der Waals surface area (Å²) in [6.45, 7) is 4.79. The second-order valence-corrected chi connectivity index (χ2v) is 7.39. The van der Waals surface area contributed by atoms with Crippen LogP contribution in [0, 0.1) is 11.7 Å². The minimum absolute atomic E-state index is 0.0788. The monoisotopic (exact) mass is 342 g/mol. The van der Waals surface area contributed by atoms with E-state index in [9.17, 15) is 9.18 Å². The fourth-order valence-corrected chi connectivity index (χ4v) is 4.20. The summed E-state index contributed by atoms with van der Waals surface area (Å²) in [5.74, 6) is 1.20. The molecule has 1 aliphatic carbocycles. The maximum absolute atomic E-state index is 13.6. The number of halogens is 1. The van der Waals surface area contributed by atoms with Crippen LogP contribution in [0.15, 0.2) is 24.3 Å². The number of aromatic nitrogens is 3. The maximum atomic E-state index is 13.6. The third kappa shape index (κ3) is 2.83. The highest BCUT2D eigenvalue weighted by Gasteiger charge is 2.41. The van der Waals surface area contributed by atoms with Gasteiger partial charge in [-0.05, 0) is 43.4 Å². The van der Waals surface area contributed by atoms with Gasteiger partial charge in [-0.25, -0.2) is 14.1 Å². The molecule has 132 valence electrons. The van der Waals surface area contributed by atoms with Gasteiger partial charge >= 0.3 is 0 Å². The average molecular weight is 342 g/mol. The van der Waals surface area contributed by atoms with Gasteiger partial charge in [0.15, 0.2) is 0 Å². The van der Waals surface area contributed by atoms with Crippen molar-refractivity contribution in [2.75, 3.05) is 6.54 Å². The van der Waals surface area contributed by atoms with Crippen molar-refractivity contribution in [1.82, 2.24) is 19.7 Å². The van der Waals surface area contributed by atoms with Crippen molar-refractivity contribution in [2.45, 2.75) is 51.5 Å². The molecule has 2 atom stereocenters. The minimum atomic E-state index is -0.330. The van der Waals surface area contributed by atoms with E-state index >= 15 is 0 Å². The summed E-state index contributed by atoms with van der Waals surface area (Å²) in [5, 5.41) is 4.45. The summed E-state index contributed by atoms with van der Waals surface area (Å²) in [4.78, 5) is 19.5. The Morgan fingerprint density at radius 3 is 2.88 bits per heavy atom. The van der Waals surface area contributed by atoms with Crippen LogP contribution in [0.3, 0.4) is 0 Å². The SMILES string of the molecule is CC(C)c1nc(C(=O)N2CC[C@@H]3CCC[C@@H]32)nn1-c1cccc(F)c1. The van der Waals surface area contributed by atoms with Crippen molar-refractivity contribution in [1.29, 1.82) is 0 Å². The first kappa shape index (κ1) is 16.2. The third-order valence-electron chi connectivity index (χ3n) is 5.41. The van der Waals surface area contributed by atoms with Crippen molar-refractivity contribution in [3.05, 3.63) is 41.7 Å². The first-order valence-corrected chi connectivity index (χ1v) is 9.08. The molecular formula is C19H23FN4O. The van der Waals surface area contributed by atoms with Crippen molar-refractivity contribution in [3.8, 4) is 5.69 Å². The summed E-state index contributed by atoms with van der Waals surface area (Å²) in [5.41, 5.74) is 0.593. The number of nitrogens with zero attached hydrogens (tertiary/aromatic N) is 4. The minimum Gasteiger partial charge on any atom is -0.333 e. The van der Waals surface area contributed by atoms with E-state index in [4.69, 9.17) is 0 Å². The molecule has 4 rings (SSSR count). The van der Waals surface area contributed by atoms with Crippen molar-refractivity contribution < 1.29 is 9.18 Å². The zero-order valence-electron chi connectivity index (χ0n) is 14.7. The number of hydrogen-bond acceptors (Lipinski definition) is 3. The Morgan fingerprint density at radius 1 is 1.28 bits per heavy atom. The van der Waals surface area contributed by atoms with E-state index in [2.05, 4.69) is 10.1 Å². The summed E-state index contributed by atoms with van der Waals surface area (Å²) in [7, 11) is 0. The fourth-order valence-electron chi connectivity index (χ4n) is 4.20. The quantitative estimate of drug-likeness (QED) is 0.857. The van der Waals surface area contributed by atoms with Crippen LogP contribution in [0.5, 0.6) is 0 Å². The highest BCUT2D eigenvalue weighted by molar-refractivity contribution is 5.91. The molecule has 0 N–H and O–H groups in total. The summed E-state index contributed by atoms with van der Waals surface area (Å²) >= 11 is 0. The molecule has 1 aromatic carbocycles. The van der Waals surface area contributed by atoms with Crippen LogP contribution in [0.4, 0.5) is 4.39 Å². The third-order valence-corrected chi connectivity index (χ3v) is 5.41. The lowest BCUT2D eigenvalue weighted by molar-refractivity contribution is 0.0716. The van der Waals surface area contributed by atoms with Crippen LogP contribution in [0.25, 0.3) is 5.69 Å². The lowest BCUT2D eigenvalue weighted by Crippen LogP contribution is -2.36. The zero-order valence-corrected chi connectivity index (χ0v) is 14.7. The zero-order chi connectivity index (χ0) is 17.6. The fraction of sp³-hybridized carbons (Fsp3) is 0.526. The highest BCUT2D eigenvalue weighted by Crippen LogP contribution is 2.38. The normalized spacial score (nSPS) is 22.6. The molecular weight excluding hydrogens is 319 g/mol. The van der Waals surface area contributed by atoms with E-state index in [1.165, 1.54) is 25.0 Å². The van der Waals surface area contributed by atoms with Gasteiger partial charge in [0.1, 0.15) is 11.6 Å². The Labute approximate surface area is 146 Å². The van der Waals surface area contributed by atoms with Crippen LogP contribution in [0.2, 0.25) is 0 Å². The summed E-state index contributed by atoms with van der Waals surface area (Å²) in [6.07, 6.45) is 4.58. The maximum Gasteiger partial charge on any atom is 0.293 e. The Bertz CT molecular complexity index is 800. The Balaban J connectivity index is 1.69. The Hall–Kier alpha value is -2.24. The first-order chi connectivity index (χ1) is 12.0. The molecule has 2 heterocycles. The average Bonchev–Trinajstić information content (AvgIpc) is 3.29.